The standard InChI is InChI=1S/C12H14FNO2/c13-9-5-2-6-10(7-9)14-11(12(15)16)8-3-1-4-8/h2,5-8,11,14H,1,3-4H2,(H,15,16). The van der Waals surface area contributed by atoms with E-state index in [9.17, 15) is 9.18 Å². The van der Waals surface area contributed by atoms with E-state index in [0.717, 1.165) is 19.3 Å². The average molecular weight is 223 g/mol. The number of benzene rings is 1. The summed E-state index contributed by atoms with van der Waals surface area (Å²) in [6.45, 7) is 0. The Morgan fingerprint density at radius 3 is 2.75 bits per heavy atom. The van der Waals surface area contributed by atoms with Gasteiger partial charge in [0.2, 0.25) is 0 Å². The van der Waals surface area contributed by atoms with Crippen molar-refractivity contribution in [3.8, 4) is 0 Å². The Morgan fingerprint density at radius 1 is 1.50 bits per heavy atom. The molecule has 0 spiro atoms. The van der Waals surface area contributed by atoms with E-state index in [2.05, 4.69) is 5.32 Å². The number of hydrogen-bond acceptors (Lipinski definition) is 2. The second kappa shape index (κ2) is 4.51. The quantitative estimate of drug-likeness (QED) is 0.824. The van der Waals surface area contributed by atoms with Crippen LogP contribution in [0.1, 0.15) is 19.3 Å². The van der Waals surface area contributed by atoms with E-state index >= 15 is 0 Å². The zero-order chi connectivity index (χ0) is 11.5. The summed E-state index contributed by atoms with van der Waals surface area (Å²) in [4.78, 5) is 11.1. The van der Waals surface area contributed by atoms with Gasteiger partial charge in [0.1, 0.15) is 11.9 Å². The van der Waals surface area contributed by atoms with Crippen LogP contribution in [-0.2, 0) is 4.79 Å². The van der Waals surface area contributed by atoms with Crippen LogP contribution in [0, 0.1) is 11.7 Å². The van der Waals surface area contributed by atoms with E-state index in [1.54, 1.807) is 12.1 Å². The van der Waals surface area contributed by atoms with Gasteiger partial charge in [-0.2, -0.15) is 0 Å². The van der Waals surface area contributed by atoms with Crippen LogP contribution in [0.15, 0.2) is 24.3 Å². The molecular formula is C12H14FNO2. The Morgan fingerprint density at radius 2 is 2.25 bits per heavy atom. The largest absolute Gasteiger partial charge is 0.480 e. The average Bonchev–Trinajstić information content (AvgIpc) is 2.14. The predicted molar refractivity (Wildman–Crippen MR) is 58.8 cm³/mol. The SMILES string of the molecule is O=C(O)C(Nc1cccc(F)c1)C1CCC1. The summed E-state index contributed by atoms with van der Waals surface area (Å²) in [7, 11) is 0. The number of carboxylic acids is 1. The smallest absolute Gasteiger partial charge is 0.326 e. The molecular weight excluding hydrogens is 209 g/mol. The maximum atomic E-state index is 12.9. The van der Waals surface area contributed by atoms with Crippen molar-refractivity contribution in [1.29, 1.82) is 0 Å². The van der Waals surface area contributed by atoms with Crippen LogP contribution in [0.5, 0.6) is 0 Å². The highest BCUT2D eigenvalue weighted by molar-refractivity contribution is 5.77. The molecule has 0 amide bonds. The summed E-state index contributed by atoms with van der Waals surface area (Å²) in [6.07, 6.45) is 2.94. The van der Waals surface area contributed by atoms with E-state index in [1.807, 2.05) is 0 Å². The third-order valence-electron chi connectivity index (χ3n) is 3.03. The molecule has 2 rings (SSSR count). The molecule has 1 aromatic carbocycles. The molecule has 0 aliphatic heterocycles. The van der Waals surface area contributed by atoms with Gasteiger partial charge >= 0.3 is 5.97 Å². The number of carboxylic acid groups (broad SMARTS) is 1. The molecule has 16 heavy (non-hydrogen) atoms. The van der Waals surface area contributed by atoms with Crippen molar-refractivity contribution in [2.75, 3.05) is 5.32 Å². The van der Waals surface area contributed by atoms with E-state index < -0.39 is 12.0 Å². The van der Waals surface area contributed by atoms with E-state index in [-0.39, 0.29) is 11.7 Å². The number of anilines is 1. The Labute approximate surface area is 93.3 Å². The van der Waals surface area contributed by atoms with Crippen molar-refractivity contribution in [1.82, 2.24) is 0 Å². The normalized spacial score (nSPS) is 17.6. The van der Waals surface area contributed by atoms with E-state index in [4.69, 9.17) is 5.11 Å². The summed E-state index contributed by atoms with van der Waals surface area (Å²) < 4.78 is 12.9. The fraction of sp³-hybridized carbons (Fsp3) is 0.417. The predicted octanol–water partition coefficient (Wildman–Crippen LogP) is 2.49. The Hall–Kier alpha value is -1.58. The number of nitrogens with one attached hydrogen (secondary N) is 1. The first-order valence-corrected chi connectivity index (χ1v) is 5.42. The first-order chi connectivity index (χ1) is 7.66. The zero-order valence-electron chi connectivity index (χ0n) is 8.82. The molecule has 2 N–H and O–H groups in total. The van der Waals surface area contributed by atoms with Gasteiger partial charge in [0.15, 0.2) is 0 Å². The lowest BCUT2D eigenvalue weighted by Gasteiger charge is -2.32. The van der Waals surface area contributed by atoms with E-state index in [1.165, 1.54) is 12.1 Å². The monoisotopic (exact) mass is 223 g/mol. The Balaban J connectivity index is 2.07. The summed E-state index contributed by atoms with van der Waals surface area (Å²) in [5.41, 5.74) is 0.527. The summed E-state index contributed by atoms with van der Waals surface area (Å²) in [6, 6.07) is 5.30. The van der Waals surface area contributed by atoms with Crippen molar-refractivity contribution in [3.05, 3.63) is 30.1 Å². The lowest BCUT2D eigenvalue weighted by Crippen LogP contribution is -2.40. The third kappa shape index (κ3) is 2.32. The van der Waals surface area contributed by atoms with Gasteiger partial charge < -0.3 is 10.4 Å². The molecule has 0 bridgehead atoms. The topological polar surface area (TPSA) is 49.3 Å². The van der Waals surface area contributed by atoms with Crippen LogP contribution < -0.4 is 5.32 Å². The number of aliphatic carboxylic acids is 1. The number of carbonyl (C=O) groups is 1. The first kappa shape index (κ1) is 10.9. The molecule has 0 saturated heterocycles. The highest BCUT2D eigenvalue weighted by atomic mass is 19.1. The van der Waals surface area contributed by atoms with Gasteiger partial charge in [0.25, 0.3) is 0 Å². The first-order valence-electron chi connectivity index (χ1n) is 5.42. The van der Waals surface area contributed by atoms with Crippen molar-refractivity contribution in [3.63, 3.8) is 0 Å². The fourth-order valence-electron chi connectivity index (χ4n) is 1.91. The molecule has 0 heterocycles. The maximum absolute atomic E-state index is 12.9. The minimum absolute atomic E-state index is 0.167. The van der Waals surface area contributed by atoms with Gasteiger partial charge in [-0.25, -0.2) is 9.18 Å². The molecule has 1 atom stereocenters. The molecule has 4 heteroatoms. The van der Waals surface area contributed by atoms with E-state index in [0.29, 0.717) is 5.69 Å². The van der Waals surface area contributed by atoms with Gasteiger partial charge in [-0.3, -0.25) is 0 Å². The van der Waals surface area contributed by atoms with Gasteiger partial charge in [-0.15, -0.1) is 0 Å². The third-order valence-corrected chi connectivity index (χ3v) is 3.03. The molecule has 1 aliphatic rings. The molecule has 0 aromatic heterocycles. The minimum atomic E-state index is -0.867. The van der Waals surface area contributed by atoms with Crippen LogP contribution in [0.3, 0.4) is 0 Å². The molecule has 0 radical (unpaired) electrons. The van der Waals surface area contributed by atoms with Gasteiger partial charge in [-0.05, 0) is 37.0 Å². The van der Waals surface area contributed by atoms with Crippen LogP contribution in [0.25, 0.3) is 0 Å². The molecule has 1 unspecified atom stereocenters. The van der Waals surface area contributed by atoms with Crippen LogP contribution in [0.4, 0.5) is 10.1 Å². The fourth-order valence-corrected chi connectivity index (χ4v) is 1.91. The second-order valence-corrected chi connectivity index (χ2v) is 4.16. The van der Waals surface area contributed by atoms with Crippen LogP contribution in [-0.4, -0.2) is 17.1 Å². The Kier molecular flexibility index (Phi) is 3.08. The molecule has 1 aromatic rings. The van der Waals surface area contributed by atoms with Crippen molar-refractivity contribution >= 4 is 11.7 Å². The summed E-state index contributed by atoms with van der Waals surface area (Å²) in [5.74, 6) is -1.06. The summed E-state index contributed by atoms with van der Waals surface area (Å²) in [5, 5.41) is 12.0. The van der Waals surface area contributed by atoms with Crippen LogP contribution >= 0.6 is 0 Å². The molecule has 1 saturated carbocycles. The van der Waals surface area contributed by atoms with Crippen molar-refractivity contribution < 1.29 is 14.3 Å². The lowest BCUT2D eigenvalue weighted by atomic mass is 9.79. The number of rotatable bonds is 4. The molecule has 3 nitrogen and oxygen atoms in total. The zero-order valence-corrected chi connectivity index (χ0v) is 8.82. The minimum Gasteiger partial charge on any atom is -0.480 e. The summed E-state index contributed by atoms with van der Waals surface area (Å²) >= 11 is 0. The van der Waals surface area contributed by atoms with Crippen LogP contribution in [0.2, 0.25) is 0 Å². The second-order valence-electron chi connectivity index (χ2n) is 4.16. The van der Waals surface area contributed by atoms with Gasteiger partial charge in [0, 0.05) is 5.69 Å². The lowest BCUT2D eigenvalue weighted by molar-refractivity contribution is -0.139. The van der Waals surface area contributed by atoms with Crippen molar-refractivity contribution in [2.24, 2.45) is 5.92 Å². The van der Waals surface area contributed by atoms with Gasteiger partial charge in [-0.1, -0.05) is 12.5 Å². The molecule has 86 valence electrons. The number of hydrogen-bond donors (Lipinski definition) is 2. The van der Waals surface area contributed by atoms with Crippen molar-refractivity contribution in [2.45, 2.75) is 25.3 Å². The number of halogens is 1. The Bertz CT molecular complexity index is 390. The maximum Gasteiger partial charge on any atom is 0.326 e. The molecule has 1 fully saturated rings. The highest BCUT2D eigenvalue weighted by Gasteiger charge is 2.32. The van der Waals surface area contributed by atoms with Gasteiger partial charge in [0.05, 0.1) is 0 Å². The molecule has 1 aliphatic carbocycles. The highest BCUT2D eigenvalue weighted by Crippen LogP contribution is 2.31.